The van der Waals surface area contributed by atoms with Crippen LogP contribution in [-0.2, 0) is 26.2 Å². The number of amides is 2. The van der Waals surface area contributed by atoms with E-state index in [4.69, 9.17) is 39.5 Å². The summed E-state index contributed by atoms with van der Waals surface area (Å²) in [6, 6.07) is 16.4. The summed E-state index contributed by atoms with van der Waals surface area (Å²) in [5.74, 6) is -0.579. The third-order valence-corrected chi connectivity index (χ3v) is 10.3. The maximum absolute atomic E-state index is 14.3. The first-order valence-corrected chi connectivity index (χ1v) is 16.6. The molecule has 230 valence electrons. The number of carbonyl (C=O) groups excluding carboxylic acids is 2. The molecule has 1 aliphatic carbocycles. The number of sulfonamides is 1. The molecule has 0 unspecified atom stereocenters. The maximum Gasteiger partial charge on any atom is 0.264 e. The number of ether oxygens (including phenoxy) is 1. The molecule has 1 atom stereocenters. The Morgan fingerprint density at radius 3 is 2.19 bits per heavy atom. The number of nitrogens with one attached hydrogen (secondary N) is 1. The van der Waals surface area contributed by atoms with E-state index in [0.29, 0.717) is 21.4 Å². The van der Waals surface area contributed by atoms with E-state index in [2.05, 4.69) is 5.32 Å². The molecule has 0 saturated heterocycles. The fraction of sp³-hybridized carbons (Fsp3) is 0.355. The van der Waals surface area contributed by atoms with Crippen molar-refractivity contribution >= 4 is 62.3 Å². The Morgan fingerprint density at radius 2 is 1.60 bits per heavy atom. The molecule has 1 saturated carbocycles. The fourth-order valence-electron chi connectivity index (χ4n) is 5.20. The normalized spacial score (nSPS) is 14.3. The first-order valence-electron chi connectivity index (χ1n) is 14.0. The first kappa shape index (κ1) is 32.9. The molecule has 0 bridgehead atoms. The van der Waals surface area contributed by atoms with Crippen LogP contribution in [0.2, 0.25) is 15.1 Å². The molecule has 0 aliphatic heterocycles. The molecule has 2 amide bonds. The van der Waals surface area contributed by atoms with E-state index in [0.717, 1.165) is 30.0 Å². The smallest absolute Gasteiger partial charge is 0.264 e. The van der Waals surface area contributed by atoms with E-state index in [1.165, 1.54) is 42.3 Å². The molecule has 12 heteroatoms. The molecular weight excluding hydrogens is 633 g/mol. The number of hydrogen-bond donors (Lipinski definition) is 1. The van der Waals surface area contributed by atoms with Crippen molar-refractivity contribution in [3.05, 3.63) is 87.4 Å². The Labute approximate surface area is 267 Å². The number of methoxy groups -OCH3 is 1. The van der Waals surface area contributed by atoms with Crippen LogP contribution in [0.15, 0.2) is 71.6 Å². The van der Waals surface area contributed by atoms with Crippen molar-refractivity contribution in [3.63, 3.8) is 0 Å². The molecule has 0 aromatic heterocycles. The minimum atomic E-state index is -4.25. The number of halogens is 3. The maximum atomic E-state index is 14.3. The zero-order valence-corrected chi connectivity index (χ0v) is 27.0. The van der Waals surface area contributed by atoms with E-state index in [1.807, 2.05) is 0 Å². The summed E-state index contributed by atoms with van der Waals surface area (Å²) in [6.07, 6.45) is 4.07. The van der Waals surface area contributed by atoms with Crippen molar-refractivity contribution in [2.24, 2.45) is 0 Å². The molecule has 43 heavy (non-hydrogen) atoms. The van der Waals surface area contributed by atoms with Crippen LogP contribution in [-0.4, -0.2) is 50.9 Å². The minimum Gasteiger partial charge on any atom is -0.495 e. The van der Waals surface area contributed by atoms with E-state index in [-0.39, 0.29) is 40.5 Å². The number of rotatable bonds is 12. The summed E-state index contributed by atoms with van der Waals surface area (Å²) in [5, 5.41) is 3.90. The number of hydrogen-bond acceptors (Lipinski definition) is 5. The molecule has 4 rings (SSSR count). The Morgan fingerprint density at radius 1 is 0.953 bits per heavy atom. The van der Waals surface area contributed by atoms with E-state index in [9.17, 15) is 18.0 Å². The average molecular weight is 667 g/mol. The monoisotopic (exact) mass is 665 g/mol. The second-order valence-corrected chi connectivity index (χ2v) is 13.4. The Kier molecular flexibility index (Phi) is 11.2. The number of benzene rings is 3. The lowest BCUT2D eigenvalue weighted by molar-refractivity contribution is -0.140. The van der Waals surface area contributed by atoms with Gasteiger partial charge >= 0.3 is 0 Å². The zero-order chi connectivity index (χ0) is 31.1. The first-order chi connectivity index (χ1) is 20.6. The minimum absolute atomic E-state index is 0.0125. The van der Waals surface area contributed by atoms with Crippen LogP contribution < -0.4 is 14.4 Å². The van der Waals surface area contributed by atoms with Crippen molar-refractivity contribution in [2.45, 2.75) is 62.6 Å². The van der Waals surface area contributed by atoms with Gasteiger partial charge in [0.25, 0.3) is 10.0 Å². The van der Waals surface area contributed by atoms with Gasteiger partial charge in [0, 0.05) is 28.2 Å². The van der Waals surface area contributed by atoms with Crippen molar-refractivity contribution in [1.29, 1.82) is 0 Å². The predicted octanol–water partition coefficient (Wildman–Crippen LogP) is 6.72. The van der Waals surface area contributed by atoms with E-state index in [1.54, 1.807) is 43.3 Å². The lowest BCUT2D eigenvalue weighted by Gasteiger charge is -2.34. The lowest BCUT2D eigenvalue weighted by atomic mass is 10.1. The number of carbonyl (C=O) groups is 2. The highest BCUT2D eigenvalue weighted by Crippen LogP contribution is 2.33. The van der Waals surface area contributed by atoms with Gasteiger partial charge in [-0.2, -0.15) is 0 Å². The van der Waals surface area contributed by atoms with Crippen LogP contribution in [0.25, 0.3) is 0 Å². The van der Waals surface area contributed by atoms with E-state index >= 15 is 0 Å². The topological polar surface area (TPSA) is 96.0 Å². The SMILES string of the molecule is CC[C@H](C(=O)NC1CCCC1)N(Cc1c(Cl)cccc1Cl)C(=O)CN(c1ccc(OC)c(Cl)c1)S(=O)(=O)c1ccccc1. The highest BCUT2D eigenvalue weighted by Gasteiger charge is 2.35. The molecule has 8 nitrogen and oxygen atoms in total. The summed E-state index contributed by atoms with van der Waals surface area (Å²) in [4.78, 5) is 29.2. The van der Waals surface area contributed by atoms with Gasteiger partial charge in [-0.1, -0.05) is 78.8 Å². The molecular formula is C31H34Cl3N3O5S. The number of anilines is 1. The number of nitrogens with zero attached hydrogens (tertiary/aromatic N) is 2. The predicted molar refractivity (Wildman–Crippen MR) is 170 cm³/mol. The third-order valence-electron chi connectivity index (χ3n) is 7.51. The fourth-order valence-corrected chi connectivity index (χ4v) is 7.40. The van der Waals surface area contributed by atoms with Gasteiger partial charge in [-0.3, -0.25) is 13.9 Å². The van der Waals surface area contributed by atoms with Gasteiger partial charge in [0.15, 0.2) is 0 Å². The lowest BCUT2D eigenvalue weighted by Crippen LogP contribution is -2.53. The Hall–Kier alpha value is -2.98. The molecule has 1 aliphatic rings. The molecule has 0 radical (unpaired) electrons. The summed E-state index contributed by atoms with van der Waals surface area (Å²) < 4.78 is 34.2. The van der Waals surface area contributed by atoms with Gasteiger partial charge in [-0.25, -0.2) is 8.42 Å². The molecule has 3 aromatic rings. The van der Waals surface area contributed by atoms with Gasteiger partial charge < -0.3 is 15.0 Å². The summed E-state index contributed by atoms with van der Waals surface area (Å²) in [7, 11) is -2.80. The Balaban J connectivity index is 1.76. The van der Waals surface area contributed by atoms with Crippen LogP contribution in [0.1, 0.15) is 44.6 Å². The van der Waals surface area contributed by atoms with Crippen molar-refractivity contribution < 1.29 is 22.7 Å². The Bertz CT molecular complexity index is 1530. The van der Waals surface area contributed by atoms with Crippen molar-refractivity contribution in [1.82, 2.24) is 10.2 Å². The van der Waals surface area contributed by atoms with Crippen molar-refractivity contribution in [2.75, 3.05) is 18.0 Å². The average Bonchev–Trinajstić information content (AvgIpc) is 3.50. The zero-order valence-electron chi connectivity index (χ0n) is 23.9. The largest absolute Gasteiger partial charge is 0.495 e. The van der Waals surface area contributed by atoms with Gasteiger partial charge in [-0.15, -0.1) is 0 Å². The van der Waals surface area contributed by atoms with E-state index < -0.39 is 28.5 Å². The highest BCUT2D eigenvalue weighted by molar-refractivity contribution is 7.92. The standard InChI is InChI=1S/C31H34Cl3N3O5S/c1-3-28(31(39)35-21-10-7-8-11-21)36(19-24-25(32)14-9-15-26(24)33)30(38)20-37(22-16-17-29(42-2)27(34)18-22)43(40,41)23-12-5-4-6-13-23/h4-6,9,12-18,21,28H,3,7-8,10-11,19-20H2,1-2H3,(H,35,39)/t28-/m1/s1. The molecule has 1 N–H and O–H groups in total. The highest BCUT2D eigenvalue weighted by atomic mass is 35.5. The quantitative estimate of drug-likeness (QED) is 0.232. The summed E-state index contributed by atoms with van der Waals surface area (Å²) >= 11 is 19.4. The van der Waals surface area contributed by atoms with Gasteiger partial charge in [0.1, 0.15) is 18.3 Å². The van der Waals surface area contributed by atoms with Crippen molar-refractivity contribution in [3.8, 4) is 5.75 Å². The van der Waals surface area contributed by atoms with Crippen LogP contribution >= 0.6 is 34.8 Å². The van der Waals surface area contributed by atoms with Gasteiger partial charge in [0.2, 0.25) is 11.8 Å². The van der Waals surface area contributed by atoms with Crippen LogP contribution in [0.3, 0.4) is 0 Å². The third kappa shape index (κ3) is 7.76. The van der Waals surface area contributed by atoms with Crippen LogP contribution in [0, 0.1) is 0 Å². The van der Waals surface area contributed by atoms with Gasteiger partial charge in [-0.05, 0) is 61.7 Å². The summed E-state index contributed by atoms with van der Waals surface area (Å²) in [6.45, 7) is 1.08. The summed E-state index contributed by atoms with van der Waals surface area (Å²) in [5.41, 5.74) is 0.610. The second kappa shape index (κ2) is 14.7. The van der Waals surface area contributed by atoms with Crippen LogP contribution in [0.5, 0.6) is 5.75 Å². The second-order valence-electron chi connectivity index (χ2n) is 10.3. The molecule has 1 fully saturated rings. The molecule has 0 heterocycles. The van der Waals surface area contributed by atoms with Gasteiger partial charge in [0.05, 0.1) is 22.7 Å². The molecule has 3 aromatic carbocycles. The van der Waals surface area contributed by atoms with Crippen LogP contribution in [0.4, 0.5) is 5.69 Å². The molecule has 0 spiro atoms.